The van der Waals surface area contributed by atoms with Crippen LogP contribution in [0.1, 0.15) is 11.7 Å². The van der Waals surface area contributed by atoms with Crippen LogP contribution < -0.4 is 4.90 Å². The van der Waals surface area contributed by atoms with Crippen LogP contribution in [0.4, 0.5) is 14.6 Å². The molecular formula is C26H24Cl2F2N6O5S. The fourth-order valence-electron chi connectivity index (χ4n) is 5.32. The monoisotopic (exact) mass is 640 g/mol. The number of benzene rings is 1. The van der Waals surface area contributed by atoms with E-state index in [-0.39, 0.29) is 28.6 Å². The lowest BCUT2D eigenvalue weighted by molar-refractivity contribution is -0.170. The number of ether oxygens (including phenoxy) is 4. The summed E-state index contributed by atoms with van der Waals surface area (Å²) in [6.45, 7) is 2.17. The van der Waals surface area contributed by atoms with E-state index in [2.05, 4.69) is 15.3 Å². The lowest BCUT2D eigenvalue weighted by Crippen LogP contribution is -2.55. The summed E-state index contributed by atoms with van der Waals surface area (Å²) in [6, 6.07) is 5.19. The number of morpholine rings is 1. The zero-order valence-corrected chi connectivity index (χ0v) is 24.3. The van der Waals surface area contributed by atoms with E-state index in [0.29, 0.717) is 37.0 Å². The number of hydrogen-bond acceptors (Lipinski definition) is 11. The second-order valence-electron chi connectivity index (χ2n) is 9.83. The number of methoxy groups -OCH3 is 1. The average molecular weight is 641 g/mol. The van der Waals surface area contributed by atoms with Crippen LogP contribution in [0.2, 0.25) is 10.0 Å². The molecular weight excluding hydrogens is 617 g/mol. The zero-order chi connectivity index (χ0) is 29.5. The van der Waals surface area contributed by atoms with Gasteiger partial charge in [0.2, 0.25) is 0 Å². The van der Waals surface area contributed by atoms with E-state index in [1.165, 1.54) is 29.8 Å². The first kappa shape index (κ1) is 29.5. The fourth-order valence-corrected chi connectivity index (χ4v) is 6.99. The predicted molar refractivity (Wildman–Crippen MR) is 147 cm³/mol. The van der Waals surface area contributed by atoms with Gasteiger partial charge in [0.25, 0.3) is 0 Å². The zero-order valence-electron chi connectivity index (χ0n) is 22.0. The molecule has 0 bridgehead atoms. The first-order valence-electron chi connectivity index (χ1n) is 12.9. The summed E-state index contributed by atoms with van der Waals surface area (Å²) < 4.78 is 53.5. The van der Waals surface area contributed by atoms with Crippen LogP contribution in [-0.4, -0.2) is 95.0 Å². The predicted octanol–water partition coefficient (Wildman–Crippen LogP) is 3.47. The maximum absolute atomic E-state index is 14.2. The summed E-state index contributed by atoms with van der Waals surface area (Å²) in [4.78, 5) is 7.19. The number of nitriles is 1. The highest BCUT2D eigenvalue weighted by atomic mass is 35.5. The number of aromatic nitrogens is 4. The molecule has 16 heteroatoms. The van der Waals surface area contributed by atoms with Crippen LogP contribution in [0.25, 0.3) is 11.3 Å². The lowest BCUT2D eigenvalue weighted by atomic mass is 9.96. The summed E-state index contributed by atoms with van der Waals surface area (Å²) in [5, 5.41) is 28.2. The molecule has 6 atom stereocenters. The van der Waals surface area contributed by atoms with Crippen molar-refractivity contribution >= 4 is 40.8 Å². The number of rotatable bonds is 6. The standard InChI is InChI=1S/C26H24Cl2F2N6O5S/c1-38-24-21(36-10-17(33-34-36)12-6-14(29)20(28)15(30)7-12)23-22(18(37)11-40-23)41-26(24)42-19-8-13(27)16(9-31)32-25(19)35-2-4-39-5-3-35/h6-8,10,18,21-24,26,37H,2-5,11H2,1H3/t18?,21?,22?,23-,24?,26-/m1/s1. The summed E-state index contributed by atoms with van der Waals surface area (Å²) in [7, 11) is 1.51. The van der Waals surface area contributed by atoms with Crippen molar-refractivity contribution in [3.8, 4) is 17.3 Å². The average Bonchev–Trinajstić information content (AvgIpc) is 3.63. The number of thioether (sulfide) groups is 1. The lowest BCUT2D eigenvalue weighted by Gasteiger charge is -2.43. The minimum absolute atomic E-state index is 0.0259. The molecule has 3 aliphatic rings. The van der Waals surface area contributed by atoms with Gasteiger partial charge in [-0.15, -0.1) is 5.10 Å². The number of hydrogen-bond donors (Lipinski definition) is 1. The van der Waals surface area contributed by atoms with Crippen LogP contribution in [-0.2, 0) is 18.9 Å². The van der Waals surface area contributed by atoms with Crippen molar-refractivity contribution in [1.82, 2.24) is 20.0 Å². The van der Waals surface area contributed by atoms with Crippen molar-refractivity contribution in [2.24, 2.45) is 0 Å². The highest BCUT2D eigenvalue weighted by Crippen LogP contribution is 2.46. The Kier molecular flexibility index (Phi) is 8.54. The number of aliphatic hydroxyl groups excluding tert-OH is 1. The molecule has 3 aliphatic heterocycles. The Labute approximate surface area is 253 Å². The van der Waals surface area contributed by atoms with Crippen LogP contribution >= 0.6 is 35.0 Å². The molecule has 42 heavy (non-hydrogen) atoms. The third kappa shape index (κ3) is 5.44. The molecule has 1 N–H and O–H groups in total. The van der Waals surface area contributed by atoms with Gasteiger partial charge in [0.05, 0.1) is 35.9 Å². The molecule has 2 aromatic heterocycles. The van der Waals surface area contributed by atoms with Gasteiger partial charge < -0.3 is 29.0 Å². The summed E-state index contributed by atoms with van der Waals surface area (Å²) in [6.07, 6.45) is -1.53. The minimum Gasteiger partial charge on any atom is -0.388 e. The normalized spacial score (nSPS) is 27.6. The molecule has 3 aromatic rings. The van der Waals surface area contributed by atoms with Gasteiger partial charge >= 0.3 is 0 Å². The fraction of sp³-hybridized carbons (Fsp3) is 0.462. The molecule has 0 amide bonds. The van der Waals surface area contributed by atoms with Gasteiger partial charge in [0.15, 0.2) is 5.69 Å². The maximum atomic E-state index is 14.2. The molecule has 222 valence electrons. The van der Waals surface area contributed by atoms with Gasteiger partial charge in [-0.25, -0.2) is 18.4 Å². The highest BCUT2D eigenvalue weighted by molar-refractivity contribution is 8.00. The highest BCUT2D eigenvalue weighted by Gasteiger charge is 2.54. The second kappa shape index (κ2) is 12.2. The second-order valence-corrected chi connectivity index (χ2v) is 11.8. The number of nitrogens with zero attached hydrogens (tertiary/aromatic N) is 6. The van der Waals surface area contributed by atoms with Crippen molar-refractivity contribution in [3.05, 3.63) is 51.8 Å². The Morgan fingerprint density at radius 2 is 1.90 bits per heavy atom. The van der Waals surface area contributed by atoms with E-state index < -0.39 is 52.6 Å². The van der Waals surface area contributed by atoms with Crippen molar-refractivity contribution in [2.75, 3.05) is 44.9 Å². The first-order valence-corrected chi connectivity index (χ1v) is 14.6. The van der Waals surface area contributed by atoms with E-state index >= 15 is 0 Å². The molecule has 3 saturated heterocycles. The van der Waals surface area contributed by atoms with E-state index in [4.69, 9.17) is 42.1 Å². The van der Waals surface area contributed by atoms with Crippen LogP contribution in [0.3, 0.4) is 0 Å². The number of halogens is 4. The first-order chi connectivity index (χ1) is 20.3. The van der Waals surface area contributed by atoms with Gasteiger partial charge in [-0.1, -0.05) is 40.2 Å². The van der Waals surface area contributed by atoms with Gasteiger partial charge in [-0.05, 0) is 18.2 Å². The largest absolute Gasteiger partial charge is 0.388 e. The van der Waals surface area contributed by atoms with Gasteiger partial charge in [0, 0.05) is 25.8 Å². The quantitative estimate of drug-likeness (QED) is 0.398. The van der Waals surface area contributed by atoms with Crippen molar-refractivity contribution in [1.29, 1.82) is 5.26 Å². The summed E-state index contributed by atoms with van der Waals surface area (Å²) in [5.41, 5.74) is -0.285. The number of aliphatic hydroxyl groups is 1. The van der Waals surface area contributed by atoms with Crippen molar-refractivity contribution in [3.63, 3.8) is 0 Å². The summed E-state index contributed by atoms with van der Waals surface area (Å²) in [5.74, 6) is -1.29. The van der Waals surface area contributed by atoms with Crippen molar-refractivity contribution in [2.45, 2.75) is 40.8 Å². The third-order valence-corrected chi connectivity index (χ3v) is 9.16. The molecule has 4 unspecified atom stereocenters. The number of fused-ring (bicyclic) bond motifs is 1. The van der Waals surface area contributed by atoms with E-state index in [9.17, 15) is 19.1 Å². The Bertz CT molecular complexity index is 1500. The molecule has 0 spiro atoms. The molecule has 5 heterocycles. The van der Waals surface area contributed by atoms with Crippen molar-refractivity contribution < 1.29 is 32.8 Å². The van der Waals surface area contributed by atoms with Gasteiger partial charge in [-0.2, -0.15) is 5.26 Å². The Morgan fingerprint density at radius 1 is 1.17 bits per heavy atom. The van der Waals surface area contributed by atoms with E-state index in [1.807, 2.05) is 11.0 Å². The smallest absolute Gasteiger partial charge is 0.161 e. The molecule has 11 nitrogen and oxygen atoms in total. The van der Waals surface area contributed by atoms with Gasteiger partial charge in [-0.3, -0.25) is 0 Å². The molecule has 0 aliphatic carbocycles. The number of anilines is 1. The Hall–Kier alpha value is -2.61. The summed E-state index contributed by atoms with van der Waals surface area (Å²) >= 11 is 13.3. The molecule has 3 fully saturated rings. The molecule has 0 radical (unpaired) electrons. The SMILES string of the molecule is COC1C(n2cc(-c3cc(F)c(Cl)c(F)c3)nn2)[C@H]2OCC(O)C2O[C@@H]1Sc1cc(Cl)c(C#N)nc1N1CCOCC1. The third-order valence-electron chi connectivity index (χ3n) is 7.34. The van der Waals surface area contributed by atoms with E-state index in [1.54, 1.807) is 6.07 Å². The van der Waals surface area contributed by atoms with Crippen LogP contribution in [0.5, 0.6) is 0 Å². The molecule has 6 rings (SSSR count). The molecule has 1 aromatic carbocycles. The minimum atomic E-state index is -0.928. The Morgan fingerprint density at radius 3 is 2.60 bits per heavy atom. The van der Waals surface area contributed by atoms with Gasteiger partial charge in [0.1, 0.15) is 70.1 Å². The van der Waals surface area contributed by atoms with E-state index in [0.717, 1.165) is 12.1 Å². The Balaban J connectivity index is 1.36. The maximum Gasteiger partial charge on any atom is 0.161 e. The topological polar surface area (TPSA) is 128 Å². The number of pyridine rings is 1. The molecule has 0 saturated carbocycles. The van der Waals surface area contributed by atoms with Crippen LogP contribution in [0, 0.1) is 23.0 Å². The van der Waals surface area contributed by atoms with Crippen LogP contribution in [0.15, 0.2) is 29.3 Å².